The molecule has 0 saturated heterocycles. The van der Waals surface area contributed by atoms with Crippen molar-refractivity contribution in [2.45, 2.75) is 6.92 Å². The van der Waals surface area contributed by atoms with Crippen LogP contribution in [0, 0.1) is 5.82 Å². The van der Waals surface area contributed by atoms with Gasteiger partial charge in [0.15, 0.2) is 6.61 Å². The van der Waals surface area contributed by atoms with E-state index in [-0.39, 0.29) is 17.7 Å². The molecule has 0 spiro atoms. The summed E-state index contributed by atoms with van der Waals surface area (Å²) in [4.78, 5) is 36.7. The van der Waals surface area contributed by atoms with E-state index in [1.807, 2.05) is 30.3 Å². The quantitative estimate of drug-likeness (QED) is 0.561. The van der Waals surface area contributed by atoms with E-state index in [9.17, 15) is 18.8 Å². The number of amides is 1. The fourth-order valence-corrected chi connectivity index (χ4v) is 3.65. The summed E-state index contributed by atoms with van der Waals surface area (Å²) in [5.74, 6) is -2.61. The molecule has 8 heteroatoms. The van der Waals surface area contributed by atoms with Gasteiger partial charge in [0.2, 0.25) is 0 Å². The highest BCUT2D eigenvalue weighted by atomic mass is 32.1. The molecular formula is C22H18FNO5S. The highest BCUT2D eigenvalue weighted by molar-refractivity contribution is 7.15. The number of rotatable bonds is 7. The molecule has 0 aliphatic carbocycles. The molecule has 0 unspecified atom stereocenters. The van der Waals surface area contributed by atoms with E-state index >= 15 is 0 Å². The predicted molar refractivity (Wildman–Crippen MR) is 111 cm³/mol. The lowest BCUT2D eigenvalue weighted by atomic mass is 10.0. The van der Waals surface area contributed by atoms with Gasteiger partial charge in [0, 0.05) is 10.9 Å². The molecule has 1 N–H and O–H groups in total. The monoisotopic (exact) mass is 427 g/mol. The standard InChI is InChI=1S/C22H18FNO5S/c1-2-28-22(27)19-17(14-7-4-3-5-8-14)13-30-20(19)24-18(25)12-29-21(26)15-9-6-10-16(23)11-15/h3-11,13H,2,12H2,1H3,(H,24,25). The number of hydrogen-bond acceptors (Lipinski definition) is 6. The molecule has 0 atom stereocenters. The van der Waals surface area contributed by atoms with Crippen LogP contribution < -0.4 is 5.32 Å². The van der Waals surface area contributed by atoms with Gasteiger partial charge >= 0.3 is 11.9 Å². The van der Waals surface area contributed by atoms with Crippen molar-refractivity contribution >= 4 is 34.2 Å². The van der Waals surface area contributed by atoms with Crippen molar-refractivity contribution in [3.63, 3.8) is 0 Å². The minimum absolute atomic E-state index is 0.00231. The van der Waals surface area contributed by atoms with Crippen LogP contribution in [-0.4, -0.2) is 31.1 Å². The molecule has 0 aliphatic rings. The molecule has 0 bridgehead atoms. The zero-order valence-corrected chi connectivity index (χ0v) is 16.8. The molecular weight excluding hydrogens is 409 g/mol. The number of esters is 2. The summed E-state index contributed by atoms with van der Waals surface area (Å²) in [6, 6.07) is 14.2. The number of carbonyl (C=O) groups excluding carboxylic acids is 3. The molecule has 1 amide bonds. The van der Waals surface area contributed by atoms with Crippen molar-refractivity contribution in [2.75, 3.05) is 18.5 Å². The van der Waals surface area contributed by atoms with E-state index in [1.54, 1.807) is 12.3 Å². The second-order valence-electron chi connectivity index (χ2n) is 6.07. The summed E-state index contributed by atoms with van der Waals surface area (Å²) in [5.41, 5.74) is 1.66. The first kappa shape index (κ1) is 21.2. The molecule has 1 aromatic heterocycles. The third kappa shape index (κ3) is 5.09. The smallest absolute Gasteiger partial charge is 0.341 e. The zero-order valence-electron chi connectivity index (χ0n) is 16.0. The molecule has 6 nitrogen and oxygen atoms in total. The van der Waals surface area contributed by atoms with Crippen LogP contribution >= 0.6 is 11.3 Å². The van der Waals surface area contributed by atoms with Crippen LogP contribution in [0.3, 0.4) is 0 Å². The molecule has 3 aromatic rings. The van der Waals surface area contributed by atoms with Gasteiger partial charge in [-0.3, -0.25) is 4.79 Å². The van der Waals surface area contributed by atoms with Crippen molar-refractivity contribution < 1.29 is 28.2 Å². The third-order valence-corrected chi connectivity index (χ3v) is 4.90. The minimum atomic E-state index is -0.827. The Bertz CT molecular complexity index is 1060. The average Bonchev–Trinajstić information content (AvgIpc) is 3.16. The Kier molecular flexibility index (Phi) is 6.92. The van der Waals surface area contributed by atoms with Crippen molar-refractivity contribution in [3.8, 4) is 11.1 Å². The van der Waals surface area contributed by atoms with Crippen LogP contribution in [0.1, 0.15) is 27.6 Å². The van der Waals surface area contributed by atoms with Gasteiger partial charge in [-0.2, -0.15) is 0 Å². The van der Waals surface area contributed by atoms with Crippen LogP contribution in [0.5, 0.6) is 0 Å². The Balaban J connectivity index is 1.74. The van der Waals surface area contributed by atoms with Crippen molar-refractivity contribution in [3.05, 3.63) is 76.9 Å². The minimum Gasteiger partial charge on any atom is -0.462 e. The second kappa shape index (κ2) is 9.80. The molecule has 0 fully saturated rings. The number of anilines is 1. The first-order chi connectivity index (χ1) is 14.5. The maximum absolute atomic E-state index is 13.2. The third-order valence-electron chi connectivity index (χ3n) is 4.00. The van der Waals surface area contributed by atoms with Crippen molar-refractivity contribution in [1.82, 2.24) is 0 Å². The van der Waals surface area contributed by atoms with Crippen LogP contribution in [-0.2, 0) is 14.3 Å². The number of nitrogens with one attached hydrogen (secondary N) is 1. The molecule has 0 radical (unpaired) electrons. The normalized spacial score (nSPS) is 10.3. The highest BCUT2D eigenvalue weighted by Crippen LogP contribution is 2.36. The Hall–Kier alpha value is -3.52. The lowest BCUT2D eigenvalue weighted by Crippen LogP contribution is -2.21. The Morgan fingerprint density at radius 2 is 1.77 bits per heavy atom. The van der Waals surface area contributed by atoms with E-state index in [2.05, 4.69) is 5.32 Å². The molecule has 30 heavy (non-hydrogen) atoms. The van der Waals surface area contributed by atoms with Gasteiger partial charge in [0.25, 0.3) is 5.91 Å². The number of ether oxygens (including phenoxy) is 2. The Morgan fingerprint density at radius 1 is 1.00 bits per heavy atom. The summed E-state index contributed by atoms with van der Waals surface area (Å²) in [6.07, 6.45) is 0. The van der Waals surface area contributed by atoms with Gasteiger partial charge in [-0.25, -0.2) is 14.0 Å². The van der Waals surface area contributed by atoms with Gasteiger partial charge < -0.3 is 14.8 Å². The number of hydrogen-bond donors (Lipinski definition) is 1. The predicted octanol–water partition coefficient (Wildman–Crippen LogP) is 4.53. The fraction of sp³-hybridized carbons (Fsp3) is 0.136. The first-order valence-electron chi connectivity index (χ1n) is 9.06. The summed E-state index contributed by atoms with van der Waals surface area (Å²) < 4.78 is 23.3. The molecule has 0 aliphatic heterocycles. The van der Waals surface area contributed by atoms with E-state index in [4.69, 9.17) is 9.47 Å². The Morgan fingerprint density at radius 3 is 2.47 bits per heavy atom. The van der Waals surface area contributed by atoms with Gasteiger partial charge in [-0.15, -0.1) is 11.3 Å². The number of benzene rings is 2. The lowest BCUT2D eigenvalue weighted by molar-refractivity contribution is -0.119. The SMILES string of the molecule is CCOC(=O)c1c(-c2ccccc2)csc1NC(=O)COC(=O)c1cccc(F)c1. The van der Waals surface area contributed by atoms with Crippen molar-refractivity contribution in [1.29, 1.82) is 0 Å². The van der Waals surface area contributed by atoms with Crippen molar-refractivity contribution in [2.24, 2.45) is 0 Å². The highest BCUT2D eigenvalue weighted by Gasteiger charge is 2.23. The fourth-order valence-electron chi connectivity index (χ4n) is 2.68. The van der Waals surface area contributed by atoms with Crippen LogP contribution in [0.4, 0.5) is 9.39 Å². The maximum Gasteiger partial charge on any atom is 0.341 e. The number of halogens is 1. The van der Waals surface area contributed by atoms with Gasteiger partial charge in [-0.05, 0) is 30.7 Å². The number of thiophene rings is 1. The molecule has 1 heterocycles. The number of carbonyl (C=O) groups is 3. The first-order valence-corrected chi connectivity index (χ1v) is 9.94. The van der Waals surface area contributed by atoms with Crippen LogP contribution in [0.25, 0.3) is 11.1 Å². The maximum atomic E-state index is 13.2. The van der Waals surface area contributed by atoms with Gasteiger partial charge in [0.1, 0.15) is 16.4 Å². The van der Waals surface area contributed by atoms with Gasteiger partial charge in [0.05, 0.1) is 12.2 Å². The largest absolute Gasteiger partial charge is 0.462 e. The molecule has 2 aromatic carbocycles. The van der Waals surface area contributed by atoms with E-state index in [0.717, 1.165) is 23.0 Å². The summed E-state index contributed by atoms with van der Waals surface area (Å²) >= 11 is 1.16. The van der Waals surface area contributed by atoms with Gasteiger partial charge in [-0.1, -0.05) is 36.4 Å². The van der Waals surface area contributed by atoms with E-state index < -0.39 is 30.3 Å². The molecule has 3 rings (SSSR count). The lowest BCUT2D eigenvalue weighted by Gasteiger charge is -2.09. The van der Waals surface area contributed by atoms with Crippen LogP contribution in [0.15, 0.2) is 60.0 Å². The Labute approximate surface area is 176 Å². The molecule has 154 valence electrons. The second-order valence-corrected chi connectivity index (χ2v) is 6.95. The zero-order chi connectivity index (χ0) is 21.5. The van der Waals surface area contributed by atoms with E-state index in [1.165, 1.54) is 18.2 Å². The van der Waals surface area contributed by atoms with Crippen LogP contribution in [0.2, 0.25) is 0 Å². The molecule has 0 saturated carbocycles. The average molecular weight is 427 g/mol. The van der Waals surface area contributed by atoms with E-state index in [0.29, 0.717) is 10.6 Å². The summed E-state index contributed by atoms with van der Waals surface area (Å²) in [6.45, 7) is 1.29. The topological polar surface area (TPSA) is 81.7 Å². The summed E-state index contributed by atoms with van der Waals surface area (Å²) in [5, 5.41) is 4.62. The summed E-state index contributed by atoms with van der Waals surface area (Å²) in [7, 11) is 0.